The van der Waals surface area contributed by atoms with Crippen LogP contribution in [0.2, 0.25) is 0 Å². The zero-order valence-electron chi connectivity index (χ0n) is 11.0. The Kier molecular flexibility index (Phi) is 4.14. The van der Waals surface area contributed by atoms with Crippen LogP contribution in [-0.4, -0.2) is 47.6 Å². The second-order valence-corrected chi connectivity index (χ2v) is 5.33. The Hall–Kier alpha value is -1.20. The lowest BCUT2D eigenvalue weighted by Crippen LogP contribution is -2.39. The van der Waals surface area contributed by atoms with Crippen LogP contribution in [-0.2, 0) is 0 Å². The molecule has 1 aromatic rings. The minimum absolute atomic E-state index is 0.371. The normalized spacial score (nSPS) is 21.7. The molecule has 2 rings (SSSR count). The highest BCUT2D eigenvalue weighted by Gasteiger charge is 2.22. The molecular weight excluding hydrogens is 244 g/mol. The van der Waals surface area contributed by atoms with Crippen LogP contribution in [0.3, 0.4) is 0 Å². The molecule has 4 nitrogen and oxygen atoms in total. The topological polar surface area (TPSA) is 45.4 Å². The van der Waals surface area contributed by atoms with E-state index in [0.29, 0.717) is 11.0 Å². The molecule has 1 atom stereocenters. The Labute approximate surface area is 114 Å². The van der Waals surface area contributed by atoms with Crippen molar-refractivity contribution in [2.45, 2.75) is 19.4 Å². The molecular formula is C13H20N4S. The lowest BCUT2D eigenvalue weighted by atomic mass is 10.2. The molecule has 18 heavy (non-hydrogen) atoms. The van der Waals surface area contributed by atoms with E-state index in [-0.39, 0.29) is 0 Å². The van der Waals surface area contributed by atoms with Crippen LogP contribution < -0.4 is 10.6 Å². The maximum Gasteiger partial charge on any atom is 0.124 e. The van der Waals surface area contributed by atoms with Crippen LogP contribution in [0.4, 0.5) is 5.69 Å². The van der Waals surface area contributed by atoms with Crippen LogP contribution in [0.1, 0.15) is 19.0 Å². The predicted octanol–water partition coefficient (Wildman–Crippen LogP) is 1.25. The molecule has 0 amide bonds. The molecule has 0 bridgehead atoms. The molecule has 0 radical (unpaired) electrons. The first kappa shape index (κ1) is 13.2. The van der Waals surface area contributed by atoms with E-state index in [4.69, 9.17) is 18.0 Å². The second kappa shape index (κ2) is 5.63. The predicted molar refractivity (Wildman–Crippen MR) is 79.0 cm³/mol. The summed E-state index contributed by atoms with van der Waals surface area (Å²) in [6, 6.07) is 4.44. The summed E-state index contributed by atoms with van der Waals surface area (Å²) in [5, 5.41) is 0. The molecule has 0 spiro atoms. The third-order valence-electron chi connectivity index (χ3n) is 3.38. The number of rotatable bonds is 2. The highest BCUT2D eigenvalue weighted by Crippen LogP contribution is 2.23. The van der Waals surface area contributed by atoms with E-state index in [0.717, 1.165) is 37.4 Å². The quantitative estimate of drug-likeness (QED) is 0.815. The van der Waals surface area contributed by atoms with E-state index in [1.54, 1.807) is 6.20 Å². The van der Waals surface area contributed by atoms with Crippen molar-refractivity contribution < 1.29 is 0 Å². The number of aromatic nitrogens is 1. The summed E-state index contributed by atoms with van der Waals surface area (Å²) in [5.74, 6) is 0. The Balaban J connectivity index is 2.32. The molecule has 0 saturated carbocycles. The van der Waals surface area contributed by atoms with Gasteiger partial charge in [-0.05, 0) is 39.1 Å². The summed E-state index contributed by atoms with van der Waals surface area (Å²) in [4.78, 5) is 9.42. The largest absolute Gasteiger partial charge is 0.388 e. The highest BCUT2D eigenvalue weighted by atomic mass is 32.1. The van der Waals surface area contributed by atoms with Crippen molar-refractivity contribution in [1.82, 2.24) is 9.88 Å². The van der Waals surface area contributed by atoms with Gasteiger partial charge in [-0.15, -0.1) is 0 Å². The molecule has 5 heteroatoms. The van der Waals surface area contributed by atoms with Gasteiger partial charge < -0.3 is 15.5 Å². The number of anilines is 1. The fourth-order valence-corrected chi connectivity index (χ4v) is 2.71. The van der Waals surface area contributed by atoms with Gasteiger partial charge in [-0.1, -0.05) is 12.2 Å². The fraction of sp³-hybridized carbons (Fsp3) is 0.538. The van der Waals surface area contributed by atoms with Gasteiger partial charge in [-0.2, -0.15) is 0 Å². The number of hydrogen-bond donors (Lipinski definition) is 1. The van der Waals surface area contributed by atoms with Gasteiger partial charge >= 0.3 is 0 Å². The lowest BCUT2D eigenvalue weighted by Gasteiger charge is -2.31. The van der Waals surface area contributed by atoms with Crippen LogP contribution in [0.15, 0.2) is 18.3 Å². The van der Waals surface area contributed by atoms with Crippen molar-refractivity contribution in [3.05, 3.63) is 24.0 Å². The number of thiocarbonyl (C=S) groups is 1. The number of nitrogens with two attached hydrogens (primary N) is 1. The number of hydrogen-bond acceptors (Lipinski definition) is 4. The SMILES string of the molecule is CC1CN(C)CCCN1c1cccnc1C(N)=S. The van der Waals surface area contributed by atoms with Gasteiger partial charge in [0.15, 0.2) is 0 Å². The third kappa shape index (κ3) is 2.79. The zero-order chi connectivity index (χ0) is 13.1. The Morgan fingerprint density at radius 1 is 1.50 bits per heavy atom. The van der Waals surface area contributed by atoms with E-state index >= 15 is 0 Å². The van der Waals surface area contributed by atoms with Crippen LogP contribution in [0.25, 0.3) is 0 Å². The summed E-state index contributed by atoms with van der Waals surface area (Å²) >= 11 is 5.09. The highest BCUT2D eigenvalue weighted by molar-refractivity contribution is 7.80. The van der Waals surface area contributed by atoms with Gasteiger partial charge in [0, 0.05) is 25.3 Å². The summed E-state index contributed by atoms with van der Waals surface area (Å²) in [6.45, 7) is 5.43. The Morgan fingerprint density at radius 3 is 3.00 bits per heavy atom. The molecule has 1 aromatic heterocycles. The Morgan fingerprint density at radius 2 is 2.28 bits per heavy atom. The van der Waals surface area contributed by atoms with Crippen molar-refractivity contribution in [3.8, 4) is 0 Å². The molecule has 0 aliphatic carbocycles. The summed E-state index contributed by atoms with van der Waals surface area (Å²) < 4.78 is 0. The smallest absolute Gasteiger partial charge is 0.124 e. The van der Waals surface area contributed by atoms with Crippen molar-refractivity contribution >= 4 is 22.9 Å². The maximum atomic E-state index is 5.76. The molecule has 2 heterocycles. The molecule has 1 fully saturated rings. The van der Waals surface area contributed by atoms with E-state index in [9.17, 15) is 0 Å². The van der Waals surface area contributed by atoms with Gasteiger partial charge in [0.25, 0.3) is 0 Å². The first-order valence-electron chi connectivity index (χ1n) is 6.29. The average molecular weight is 264 g/mol. The molecule has 1 unspecified atom stereocenters. The van der Waals surface area contributed by atoms with Gasteiger partial charge in [-0.3, -0.25) is 4.98 Å². The van der Waals surface area contributed by atoms with Crippen LogP contribution in [0, 0.1) is 0 Å². The second-order valence-electron chi connectivity index (χ2n) is 4.89. The number of pyridine rings is 1. The molecule has 0 aromatic carbocycles. The van der Waals surface area contributed by atoms with Gasteiger partial charge in [-0.25, -0.2) is 0 Å². The average Bonchev–Trinajstić information content (AvgIpc) is 2.50. The van der Waals surface area contributed by atoms with E-state index in [1.807, 2.05) is 6.07 Å². The van der Waals surface area contributed by atoms with Gasteiger partial charge in [0.2, 0.25) is 0 Å². The van der Waals surface area contributed by atoms with Gasteiger partial charge in [0.1, 0.15) is 10.7 Å². The third-order valence-corrected chi connectivity index (χ3v) is 3.57. The minimum atomic E-state index is 0.371. The van der Waals surface area contributed by atoms with Crippen molar-refractivity contribution in [1.29, 1.82) is 0 Å². The molecule has 1 aliphatic rings. The molecule has 1 aliphatic heterocycles. The van der Waals surface area contributed by atoms with E-state index in [1.165, 1.54) is 0 Å². The monoisotopic (exact) mass is 264 g/mol. The summed E-state index contributed by atoms with van der Waals surface area (Å²) in [6.07, 6.45) is 2.89. The first-order valence-corrected chi connectivity index (χ1v) is 6.70. The van der Waals surface area contributed by atoms with E-state index in [2.05, 4.69) is 34.8 Å². The van der Waals surface area contributed by atoms with Crippen molar-refractivity contribution in [2.24, 2.45) is 5.73 Å². The number of likely N-dealkylation sites (N-methyl/N-ethyl adjacent to an activating group) is 1. The zero-order valence-corrected chi connectivity index (χ0v) is 11.8. The van der Waals surface area contributed by atoms with Crippen molar-refractivity contribution in [3.63, 3.8) is 0 Å². The molecule has 2 N–H and O–H groups in total. The fourth-order valence-electron chi connectivity index (χ4n) is 2.55. The van der Waals surface area contributed by atoms with Crippen LogP contribution >= 0.6 is 12.2 Å². The van der Waals surface area contributed by atoms with Crippen molar-refractivity contribution in [2.75, 3.05) is 31.6 Å². The first-order chi connectivity index (χ1) is 8.59. The van der Waals surface area contributed by atoms with E-state index < -0.39 is 0 Å². The lowest BCUT2D eigenvalue weighted by molar-refractivity contribution is 0.337. The van der Waals surface area contributed by atoms with Gasteiger partial charge in [0.05, 0.1) is 5.69 Å². The van der Waals surface area contributed by atoms with Crippen LogP contribution in [0.5, 0.6) is 0 Å². The maximum absolute atomic E-state index is 5.76. The standard InChI is InChI=1S/C13H20N4S/c1-10-9-16(2)7-4-8-17(10)11-5-3-6-15-12(11)13(14)18/h3,5-6,10H,4,7-9H2,1-2H3,(H2,14,18). The minimum Gasteiger partial charge on any atom is -0.388 e. The summed E-state index contributed by atoms with van der Waals surface area (Å²) in [5.41, 5.74) is 7.57. The summed E-state index contributed by atoms with van der Waals surface area (Å²) in [7, 11) is 2.16. The Bertz CT molecular complexity index is 435. The molecule has 98 valence electrons. The number of nitrogens with zero attached hydrogens (tertiary/aromatic N) is 3. The molecule has 1 saturated heterocycles.